The van der Waals surface area contributed by atoms with Crippen molar-refractivity contribution in [2.24, 2.45) is 5.92 Å². The molecule has 0 amide bonds. The summed E-state index contributed by atoms with van der Waals surface area (Å²) in [5.74, 6) is 0.449. The number of nitrogens with one attached hydrogen (secondary N) is 1. The van der Waals surface area contributed by atoms with Crippen LogP contribution in [0.3, 0.4) is 0 Å². The van der Waals surface area contributed by atoms with Crippen LogP contribution in [-0.4, -0.2) is 12.1 Å². The number of rotatable bonds is 9. The molecule has 0 aliphatic rings. The van der Waals surface area contributed by atoms with Gasteiger partial charge in [-0.2, -0.15) is 0 Å². The Morgan fingerprint density at radius 3 is 2.43 bits per heavy atom. The predicted octanol–water partition coefficient (Wildman–Crippen LogP) is 5.34. The summed E-state index contributed by atoms with van der Waals surface area (Å²) in [5, 5.41) is 3.58. The molecule has 0 bridgehead atoms. The molecule has 0 radical (unpaired) electrons. The molecule has 21 heavy (non-hydrogen) atoms. The summed E-state index contributed by atoms with van der Waals surface area (Å²) in [4.78, 5) is 0. The van der Waals surface area contributed by atoms with Crippen molar-refractivity contribution in [1.82, 2.24) is 5.32 Å². The zero-order valence-electron chi connectivity index (χ0n) is 14.2. The van der Waals surface area contributed by atoms with Gasteiger partial charge in [-0.1, -0.05) is 50.8 Å². The molecule has 1 nitrogen and oxygen atoms in total. The Kier molecular flexibility index (Phi) is 7.95. The molecule has 1 atom stereocenters. The quantitative estimate of drug-likeness (QED) is 0.606. The van der Waals surface area contributed by atoms with Crippen molar-refractivity contribution in [3.63, 3.8) is 0 Å². The van der Waals surface area contributed by atoms with Crippen LogP contribution in [0, 0.1) is 11.7 Å². The molecular formula is C19H32FN. The highest BCUT2D eigenvalue weighted by atomic mass is 19.1. The summed E-state index contributed by atoms with van der Waals surface area (Å²) in [7, 11) is 0. The third-order valence-electron chi connectivity index (χ3n) is 3.85. The lowest BCUT2D eigenvalue weighted by molar-refractivity contribution is 0.347. The van der Waals surface area contributed by atoms with Gasteiger partial charge in [0.2, 0.25) is 0 Å². The van der Waals surface area contributed by atoms with Gasteiger partial charge in [0, 0.05) is 5.54 Å². The second kappa shape index (κ2) is 9.19. The Labute approximate surface area is 130 Å². The fourth-order valence-corrected chi connectivity index (χ4v) is 2.56. The van der Waals surface area contributed by atoms with Crippen molar-refractivity contribution in [2.75, 3.05) is 6.54 Å². The Balaban J connectivity index is 2.56. The highest BCUT2D eigenvalue weighted by Crippen LogP contribution is 2.19. The molecule has 1 rings (SSSR count). The van der Waals surface area contributed by atoms with Crippen LogP contribution in [0.1, 0.15) is 65.4 Å². The van der Waals surface area contributed by atoms with Crippen LogP contribution >= 0.6 is 0 Å². The molecule has 1 N–H and O–H groups in total. The lowest BCUT2D eigenvalue weighted by Gasteiger charge is -2.25. The Hall–Kier alpha value is -0.890. The van der Waals surface area contributed by atoms with Gasteiger partial charge in [-0.15, -0.1) is 0 Å². The molecule has 0 saturated heterocycles. The zero-order chi connectivity index (χ0) is 15.7. The van der Waals surface area contributed by atoms with Gasteiger partial charge >= 0.3 is 0 Å². The molecule has 0 saturated carbocycles. The molecule has 0 aliphatic carbocycles. The van der Waals surface area contributed by atoms with Gasteiger partial charge < -0.3 is 5.32 Å². The summed E-state index contributed by atoms with van der Waals surface area (Å²) >= 11 is 0. The third kappa shape index (κ3) is 8.21. The Morgan fingerprint density at radius 1 is 1.10 bits per heavy atom. The average molecular weight is 293 g/mol. The van der Waals surface area contributed by atoms with E-state index in [4.69, 9.17) is 0 Å². The molecular weight excluding hydrogens is 261 g/mol. The summed E-state index contributed by atoms with van der Waals surface area (Å²) in [5.41, 5.74) is 0.977. The fraction of sp³-hybridized carbons (Fsp3) is 0.684. The van der Waals surface area contributed by atoms with Crippen LogP contribution in [-0.2, 0) is 6.42 Å². The number of unbranched alkanes of at least 4 members (excludes halogenated alkanes) is 3. The molecule has 1 unspecified atom stereocenters. The molecule has 0 spiro atoms. The van der Waals surface area contributed by atoms with Crippen molar-refractivity contribution < 1.29 is 4.39 Å². The smallest absolute Gasteiger partial charge is 0.126 e. The van der Waals surface area contributed by atoms with Gasteiger partial charge in [0.05, 0.1) is 0 Å². The minimum atomic E-state index is -0.0631. The molecule has 2 heteroatoms. The van der Waals surface area contributed by atoms with Crippen LogP contribution < -0.4 is 5.32 Å². The molecule has 1 aromatic rings. The van der Waals surface area contributed by atoms with Crippen LogP contribution in [0.5, 0.6) is 0 Å². The standard InChI is InChI=1S/C19H32FN/c1-5-6-7-8-11-16(15-21-19(2,3)4)14-17-12-9-10-13-18(17)20/h9-10,12-13,16,21H,5-8,11,14-15H2,1-4H3. The van der Waals surface area contributed by atoms with Crippen molar-refractivity contribution in [2.45, 2.75) is 71.8 Å². The van der Waals surface area contributed by atoms with Crippen molar-refractivity contribution in [3.05, 3.63) is 35.6 Å². The van der Waals surface area contributed by atoms with Gasteiger partial charge in [0.15, 0.2) is 0 Å². The molecule has 0 aliphatic heterocycles. The normalized spacial score (nSPS) is 13.4. The van der Waals surface area contributed by atoms with E-state index in [0.717, 1.165) is 18.5 Å². The van der Waals surface area contributed by atoms with Gasteiger partial charge in [0.1, 0.15) is 5.82 Å². The lowest BCUT2D eigenvalue weighted by Crippen LogP contribution is -2.39. The van der Waals surface area contributed by atoms with E-state index >= 15 is 0 Å². The van der Waals surface area contributed by atoms with Gasteiger partial charge in [-0.25, -0.2) is 4.39 Å². The molecule has 0 fully saturated rings. The second-order valence-corrected chi connectivity index (χ2v) is 7.14. The van der Waals surface area contributed by atoms with Gasteiger partial charge in [0.25, 0.3) is 0 Å². The zero-order valence-corrected chi connectivity index (χ0v) is 14.2. The number of hydrogen-bond donors (Lipinski definition) is 1. The Bertz CT molecular complexity index is 395. The van der Waals surface area contributed by atoms with Crippen LogP contribution in [0.2, 0.25) is 0 Å². The average Bonchev–Trinajstić information content (AvgIpc) is 2.42. The second-order valence-electron chi connectivity index (χ2n) is 7.14. The topological polar surface area (TPSA) is 12.0 Å². The maximum Gasteiger partial charge on any atom is 0.126 e. The highest BCUT2D eigenvalue weighted by molar-refractivity contribution is 5.17. The summed E-state index contributed by atoms with van der Waals surface area (Å²) in [6, 6.07) is 7.19. The first-order chi connectivity index (χ1) is 9.92. The van der Waals surface area contributed by atoms with E-state index in [-0.39, 0.29) is 11.4 Å². The van der Waals surface area contributed by atoms with Crippen LogP contribution in [0.4, 0.5) is 4.39 Å². The van der Waals surface area contributed by atoms with Crippen molar-refractivity contribution in [3.8, 4) is 0 Å². The van der Waals surface area contributed by atoms with Crippen LogP contribution in [0.25, 0.3) is 0 Å². The summed E-state index contributed by atoms with van der Waals surface area (Å²) < 4.78 is 13.8. The predicted molar refractivity (Wildman–Crippen MR) is 90.1 cm³/mol. The number of hydrogen-bond acceptors (Lipinski definition) is 1. The molecule has 1 aromatic carbocycles. The largest absolute Gasteiger partial charge is 0.312 e. The molecule has 0 heterocycles. The van der Waals surface area contributed by atoms with E-state index in [1.54, 1.807) is 12.1 Å². The first-order valence-corrected chi connectivity index (χ1v) is 8.41. The van der Waals surface area contributed by atoms with E-state index in [9.17, 15) is 4.39 Å². The molecule has 0 aromatic heterocycles. The third-order valence-corrected chi connectivity index (χ3v) is 3.85. The van der Waals surface area contributed by atoms with Crippen LogP contribution in [0.15, 0.2) is 24.3 Å². The number of halogens is 1. The fourth-order valence-electron chi connectivity index (χ4n) is 2.56. The minimum Gasteiger partial charge on any atom is -0.312 e. The first kappa shape index (κ1) is 18.2. The van der Waals surface area contributed by atoms with E-state index in [2.05, 4.69) is 33.0 Å². The summed E-state index contributed by atoms with van der Waals surface area (Å²) in [6.07, 6.45) is 7.12. The van der Waals surface area contributed by atoms with E-state index in [1.165, 1.54) is 32.1 Å². The van der Waals surface area contributed by atoms with E-state index < -0.39 is 0 Å². The van der Waals surface area contributed by atoms with Gasteiger partial charge in [-0.05, 0) is 57.7 Å². The molecule has 120 valence electrons. The minimum absolute atomic E-state index is 0.0631. The maximum atomic E-state index is 13.8. The number of benzene rings is 1. The van der Waals surface area contributed by atoms with E-state index in [0.29, 0.717) is 5.92 Å². The van der Waals surface area contributed by atoms with Crippen molar-refractivity contribution in [1.29, 1.82) is 0 Å². The lowest BCUT2D eigenvalue weighted by atomic mass is 9.92. The van der Waals surface area contributed by atoms with E-state index in [1.807, 2.05) is 12.1 Å². The SMILES string of the molecule is CCCCCCC(CNC(C)(C)C)Cc1ccccc1F. The van der Waals surface area contributed by atoms with Crippen molar-refractivity contribution >= 4 is 0 Å². The van der Waals surface area contributed by atoms with Gasteiger partial charge in [-0.3, -0.25) is 0 Å². The first-order valence-electron chi connectivity index (χ1n) is 8.41. The monoisotopic (exact) mass is 293 g/mol. The summed E-state index contributed by atoms with van der Waals surface area (Å²) in [6.45, 7) is 9.75. The highest BCUT2D eigenvalue weighted by Gasteiger charge is 2.16. The maximum absolute atomic E-state index is 13.8. The Morgan fingerprint density at radius 2 is 1.81 bits per heavy atom.